The van der Waals surface area contributed by atoms with Crippen LogP contribution in [-0.4, -0.2) is 48.7 Å². The van der Waals surface area contributed by atoms with Crippen LogP contribution in [0.4, 0.5) is 0 Å². The lowest BCUT2D eigenvalue weighted by Crippen LogP contribution is -2.39. The number of hydrogen-bond acceptors (Lipinski definition) is 4. The van der Waals surface area contributed by atoms with E-state index in [0.29, 0.717) is 12.4 Å². The summed E-state index contributed by atoms with van der Waals surface area (Å²) in [5, 5.41) is 2.69. The van der Waals surface area contributed by atoms with E-state index in [9.17, 15) is 9.59 Å². The minimum Gasteiger partial charge on any atom is -0.494 e. The fraction of sp³-hybridized carbons (Fsp3) is 0.500. The van der Waals surface area contributed by atoms with Gasteiger partial charge in [-0.15, -0.1) is 11.8 Å². The zero-order valence-corrected chi connectivity index (χ0v) is 13.7. The van der Waals surface area contributed by atoms with Crippen molar-refractivity contribution in [2.45, 2.75) is 24.7 Å². The highest BCUT2D eigenvalue weighted by Gasteiger charge is 2.17. The van der Waals surface area contributed by atoms with Gasteiger partial charge < -0.3 is 15.0 Å². The molecule has 2 amide bonds. The quantitative estimate of drug-likeness (QED) is 0.779. The lowest BCUT2D eigenvalue weighted by molar-refractivity contribution is -0.131. The molecule has 0 aromatic heterocycles. The number of rotatable bonds is 7. The van der Waals surface area contributed by atoms with E-state index >= 15 is 0 Å². The molecular formula is C16H22N2O3S. The summed E-state index contributed by atoms with van der Waals surface area (Å²) < 4.78 is 5.37. The molecule has 1 aliphatic rings. The van der Waals surface area contributed by atoms with E-state index in [1.807, 2.05) is 31.2 Å². The van der Waals surface area contributed by atoms with Crippen molar-refractivity contribution in [3.8, 4) is 5.75 Å². The molecule has 0 saturated carbocycles. The molecule has 6 heteroatoms. The molecule has 1 fully saturated rings. The van der Waals surface area contributed by atoms with Crippen LogP contribution in [-0.2, 0) is 9.59 Å². The summed E-state index contributed by atoms with van der Waals surface area (Å²) in [6.07, 6.45) is 2.13. The van der Waals surface area contributed by atoms with Gasteiger partial charge in [-0.2, -0.15) is 0 Å². The zero-order valence-electron chi connectivity index (χ0n) is 12.8. The molecule has 5 nitrogen and oxygen atoms in total. The smallest absolute Gasteiger partial charge is 0.241 e. The second kappa shape index (κ2) is 8.68. The summed E-state index contributed by atoms with van der Waals surface area (Å²) >= 11 is 1.45. The normalized spacial score (nSPS) is 14.0. The molecule has 0 bridgehead atoms. The van der Waals surface area contributed by atoms with Gasteiger partial charge in [0.2, 0.25) is 11.8 Å². The van der Waals surface area contributed by atoms with Gasteiger partial charge in [0, 0.05) is 18.0 Å². The van der Waals surface area contributed by atoms with Crippen LogP contribution < -0.4 is 10.1 Å². The fourth-order valence-corrected chi connectivity index (χ4v) is 2.98. The Balaban J connectivity index is 1.67. The summed E-state index contributed by atoms with van der Waals surface area (Å²) in [6.45, 7) is 4.31. The minimum absolute atomic E-state index is 0.0110. The molecule has 22 heavy (non-hydrogen) atoms. The van der Waals surface area contributed by atoms with Crippen LogP contribution in [0.15, 0.2) is 29.2 Å². The Labute approximate surface area is 135 Å². The molecule has 1 saturated heterocycles. The second-order valence-corrected chi connectivity index (χ2v) is 6.11. The number of nitrogens with one attached hydrogen (secondary N) is 1. The molecule has 0 unspecified atom stereocenters. The number of thioether (sulfide) groups is 1. The number of amides is 2. The van der Waals surface area contributed by atoms with Gasteiger partial charge in [0.1, 0.15) is 5.75 Å². The molecule has 0 aliphatic carbocycles. The SMILES string of the molecule is CCOc1ccc(SCC(=O)NCC(=O)N2CCCC2)cc1. The highest BCUT2D eigenvalue weighted by Crippen LogP contribution is 2.21. The molecular weight excluding hydrogens is 300 g/mol. The number of hydrogen-bond donors (Lipinski definition) is 1. The van der Waals surface area contributed by atoms with E-state index in [0.717, 1.165) is 36.6 Å². The lowest BCUT2D eigenvalue weighted by atomic mass is 10.3. The maximum Gasteiger partial charge on any atom is 0.241 e. The maximum absolute atomic E-state index is 11.8. The maximum atomic E-state index is 11.8. The number of carbonyl (C=O) groups is 2. The Morgan fingerprint density at radius 2 is 1.91 bits per heavy atom. The van der Waals surface area contributed by atoms with Crippen molar-refractivity contribution in [1.29, 1.82) is 0 Å². The zero-order chi connectivity index (χ0) is 15.8. The van der Waals surface area contributed by atoms with Gasteiger partial charge in [0.05, 0.1) is 18.9 Å². The summed E-state index contributed by atoms with van der Waals surface area (Å²) in [5.74, 6) is 1.03. The van der Waals surface area contributed by atoms with E-state index in [2.05, 4.69) is 5.32 Å². The Bertz CT molecular complexity index is 499. The first-order chi connectivity index (χ1) is 10.7. The van der Waals surface area contributed by atoms with Gasteiger partial charge in [0.15, 0.2) is 0 Å². The van der Waals surface area contributed by atoms with Crippen molar-refractivity contribution in [2.24, 2.45) is 0 Å². The molecule has 2 rings (SSSR count). The predicted molar refractivity (Wildman–Crippen MR) is 87.2 cm³/mol. The van der Waals surface area contributed by atoms with Gasteiger partial charge in [-0.3, -0.25) is 9.59 Å². The average Bonchev–Trinajstić information content (AvgIpc) is 3.07. The highest BCUT2D eigenvalue weighted by atomic mass is 32.2. The molecule has 0 radical (unpaired) electrons. The number of nitrogens with zero attached hydrogens (tertiary/aromatic N) is 1. The number of carbonyl (C=O) groups excluding carboxylic acids is 2. The molecule has 1 aromatic carbocycles. The Kier molecular flexibility index (Phi) is 6.58. The van der Waals surface area contributed by atoms with E-state index in [1.165, 1.54) is 11.8 Å². The van der Waals surface area contributed by atoms with Crippen LogP contribution in [0.3, 0.4) is 0 Å². The van der Waals surface area contributed by atoms with E-state index in [-0.39, 0.29) is 18.4 Å². The largest absolute Gasteiger partial charge is 0.494 e. The van der Waals surface area contributed by atoms with Crippen molar-refractivity contribution in [2.75, 3.05) is 32.0 Å². The van der Waals surface area contributed by atoms with Crippen LogP contribution in [0.5, 0.6) is 5.75 Å². The van der Waals surface area contributed by atoms with Gasteiger partial charge >= 0.3 is 0 Å². The molecule has 120 valence electrons. The highest BCUT2D eigenvalue weighted by molar-refractivity contribution is 8.00. The van der Waals surface area contributed by atoms with Crippen LogP contribution >= 0.6 is 11.8 Å². The first kappa shape index (κ1) is 16.7. The van der Waals surface area contributed by atoms with Crippen molar-refractivity contribution in [1.82, 2.24) is 10.2 Å². The number of ether oxygens (including phenoxy) is 1. The van der Waals surface area contributed by atoms with Crippen LogP contribution in [0, 0.1) is 0 Å². The minimum atomic E-state index is -0.119. The Morgan fingerprint density at radius 3 is 2.55 bits per heavy atom. The van der Waals surface area contributed by atoms with Crippen molar-refractivity contribution in [3.63, 3.8) is 0 Å². The standard InChI is InChI=1S/C16H22N2O3S/c1-2-21-13-5-7-14(8-6-13)22-12-15(19)17-11-16(20)18-9-3-4-10-18/h5-8H,2-4,9-12H2,1H3,(H,17,19). The molecule has 1 heterocycles. The molecule has 1 N–H and O–H groups in total. The molecule has 1 aliphatic heterocycles. The summed E-state index contributed by atoms with van der Waals surface area (Å²) in [7, 11) is 0. The Morgan fingerprint density at radius 1 is 1.23 bits per heavy atom. The Hall–Kier alpha value is -1.69. The lowest BCUT2D eigenvalue weighted by Gasteiger charge is -2.15. The monoisotopic (exact) mass is 322 g/mol. The molecule has 0 spiro atoms. The van der Waals surface area contributed by atoms with Gasteiger partial charge in [-0.1, -0.05) is 0 Å². The third-order valence-electron chi connectivity index (χ3n) is 3.40. The fourth-order valence-electron chi connectivity index (χ4n) is 2.25. The first-order valence-electron chi connectivity index (χ1n) is 7.59. The van der Waals surface area contributed by atoms with Crippen LogP contribution in [0.1, 0.15) is 19.8 Å². The summed E-state index contributed by atoms with van der Waals surface area (Å²) in [4.78, 5) is 26.4. The number of benzene rings is 1. The topological polar surface area (TPSA) is 58.6 Å². The third kappa shape index (κ3) is 5.26. The average molecular weight is 322 g/mol. The van der Waals surface area contributed by atoms with Crippen LogP contribution in [0.25, 0.3) is 0 Å². The van der Waals surface area contributed by atoms with E-state index < -0.39 is 0 Å². The van der Waals surface area contributed by atoms with Crippen molar-refractivity contribution >= 4 is 23.6 Å². The third-order valence-corrected chi connectivity index (χ3v) is 4.41. The van der Waals surface area contributed by atoms with Crippen molar-refractivity contribution < 1.29 is 14.3 Å². The molecule has 0 atom stereocenters. The first-order valence-corrected chi connectivity index (χ1v) is 8.57. The molecule has 1 aromatic rings. The van der Waals surface area contributed by atoms with Crippen molar-refractivity contribution in [3.05, 3.63) is 24.3 Å². The van der Waals surface area contributed by atoms with E-state index in [4.69, 9.17) is 4.74 Å². The van der Waals surface area contributed by atoms with Gasteiger partial charge in [-0.05, 0) is 44.0 Å². The van der Waals surface area contributed by atoms with Gasteiger partial charge in [0.25, 0.3) is 0 Å². The predicted octanol–water partition coefficient (Wildman–Crippen LogP) is 1.92. The second-order valence-electron chi connectivity index (χ2n) is 5.06. The number of likely N-dealkylation sites (tertiary alicyclic amines) is 1. The van der Waals surface area contributed by atoms with E-state index in [1.54, 1.807) is 4.90 Å². The van der Waals surface area contributed by atoms with Gasteiger partial charge in [-0.25, -0.2) is 0 Å². The summed E-state index contributed by atoms with van der Waals surface area (Å²) in [6, 6.07) is 7.64. The summed E-state index contributed by atoms with van der Waals surface area (Å²) in [5.41, 5.74) is 0. The van der Waals surface area contributed by atoms with Crippen LogP contribution in [0.2, 0.25) is 0 Å².